The molecule has 1 fully saturated rings. The topological polar surface area (TPSA) is 56.3 Å². The minimum atomic E-state index is 0.0938. The van der Waals surface area contributed by atoms with Crippen molar-refractivity contribution in [3.05, 3.63) is 65.9 Å². The van der Waals surface area contributed by atoms with Crippen LogP contribution in [0.1, 0.15) is 32.0 Å². The number of hydrogen-bond acceptors (Lipinski definition) is 5. The summed E-state index contributed by atoms with van der Waals surface area (Å²) in [6, 6.07) is 20.8. The SMILES string of the molecule is CC(C)(C)c1ccc(-c2nc(C#N)c(N3CCN(c4ccccc4)CC3)o2)cc1. The van der Waals surface area contributed by atoms with Gasteiger partial charge in [0, 0.05) is 37.4 Å². The second kappa shape index (κ2) is 7.63. The smallest absolute Gasteiger partial charge is 0.235 e. The summed E-state index contributed by atoms with van der Waals surface area (Å²) >= 11 is 0. The highest BCUT2D eigenvalue weighted by atomic mass is 16.4. The number of para-hydroxylation sites is 1. The fourth-order valence-corrected chi connectivity index (χ4v) is 3.64. The van der Waals surface area contributed by atoms with Crippen molar-refractivity contribution >= 4 is 11.6 Å². The summed E-state index contributed by atoms with van der Waals surface area (Å²) in [4.78, 5) is 8.94. The van der Waals surface area contributed by atoms with Gasteiger partial charge in [0.25, 0.3) is 0 Å². The molecule has 0 saturated carbocycles. The maximum Gasteiger partial charge on any atom is 0.235 e. The summed E-state index contributed by atoms with van der Waals surface area (Å²) in [6.45, 7) is 9.91. The number of anilines is 2. The molecule has 0 unspecified atom stereocenters. The Bertz CT molecular complexity index is 1000. The first-order valence-corrected chi connectivity index (χ1v) is 10.0. The molecule has 5 nitrogen and oxygen atoms in total. The molecular weight excluding hydrogens is 360 g/mol. The number of piperazine rings is 1. The van der Waals surface area contributed by atoms with Crippen molar-refractivity contribution in [3.63, 3.8) is 0 Å². The van der Waals surface area contributed by atoms with Crippen LogP contribution in [0.3, 0.4) is 0 Å². The Morgan fingerprint density at radius 1 is 0.897 bits per heavy atom. The van der Waals surface area contributed by atoms with Crippen molar-refractivity contribution in [1.29, 1.82) is 5.26 Å². The highest BCUT2D eigenvalue weighted by molar-refractivity contribution is 5.60. The van der Waals surface area contributed by atoms with E-state index < -0.39 is 0 Å². The molecule has 1 aliphatic heterocycles. The van der Waals surface area contributed by atoms with Crippen LogP contribution in [0.25, 0.3) is 11.5 Å². The lowest BCUT2D eigenvalue weighted by atomic mass is 9.87. The van der Waals surface area contributed by atoms with Crippen molar-refractivity contribution in [2.45, 2.75) is 26.2 Å². The van der Waals surface area contributed by atoms with Crippen molar-refractivity contribution in [3.8, 4) is 17.5 Å². The summed E-state index contributed by atoms with van der Waals surface area (Å²) in [5, 5.41) is 9.58. The third kappa shape index (κ3) is 3.97. The first-order chi connectivity index (χ1) is 14.0. The fourth-order valence-electron chi connectivity index (χ4n) is 3.64. The van der Waals surface area contributed by atoms with Gasteiger partial charge in [0.15, 0.2) is 0 Å². The Morgan fingerprint density at radius 3 is 2.10 bits per heavy atom. The lowest BCUT2D eigenvalue weighted by molar-refractivity contribution is 0.531. The summed E-state index contributed by atoms with van der Waals surface area (Å²) in [6.07, 6.45) is 0. The number of oxazole rings is 1. The van der Waals surface area contributed by atoms with Gasteiger partial charge >= 0.3 is 0 Å². The summed E-state index contributed by atoms with van der Waals surface area (Å²) in [7, 11) is 0. The van der Waals surface area contributed by atoms with Crippen LogP contribution < -0.4 is 9.80 Å². The molecule has 0 N–H and O–H groups in total. The predicted octanol–water partition coefficient (Wildman–Crippen LogP) is 4.84. The second-order valence-corrected chi connectivity index (χ2v) is 8.42. The van der Waals surface area contributed by atoms with Gasteiger partial charge in [0.05, 0.1) is 0 Å². The van der Waals surface area contributed by atoms with E-state index in [2.05, 4.69) is 78.0 Å². The van der Waals surface area contributed by atoms with Gasteiger partial charge in [0.2, 0.25) is 17.5 Å². The molecule has 148 valence electrons. The van der Waals surface area contributed by atoms with Crippen LogP contribution in [0, 0.1) is 11.3 Å². The van der Waals surface area contributed by atoms with Crippen LogP contribution in [0.2, 0.25) is 0 Å². The molecule has 2 heterocycles. The first kappa shape index (κ1) is 19.1. The van der Waals surface area contributed by atoms with Gasteiger partial charge in [-0.25, -0.2) is 0 Å². The zero-order valence-electron chi connectivity index (χ0n) is 17.2. The third-order valence-corrected chi connectivity index (χ3v) is 5.40. The van der Waals surface area contributed by atoms with Gasteiger partial charge in [-0.3, -0.25) is 0 Å². The van der Waals surface area contributed by atoms with Crippen LogP contribution in [0.4, 0.5) is 11.6 Å². The van der Waals surface area contributed by atoms with Gasteiger partial charge < -0.3 is 14.2 Å². The molecule has 0 spiro atoms. The van der Waals surface area contributed by atoms with E-state index >= 15 is 0 Å². The highest BCUT2D eigenvalue weighted by Crippen LogP contribution is 2.31. The van der Waals surface area contributed by atoms with Crippen molar-refractivity contribution in [1.82, 2.24) is 4.98 Å². The molecule has 0 amide bonds. The Labute approximate surface area is 172 Å². The Morgan fingerprint density at radius 2 is 1.52 bits per heavy atom. The van der Waals surface area contributed by atoms with Gasteiger partial charge in [-0.05, 0) is 35.2 Å². The van der Waals surface area contributed by atoms with Crippen LogP contribution in [0.15, 0.2) is 59.0 Å². The maximum absolute atomic E-state index is 9.58. The van der Waals surface area contributed by atoms with Crippen molar-refractivity contribution < 1.29 is 4.42 Å². The molecule has 1 aliphatic rings. The number of hydrogen-bond donors (Lipinski definition) is 0. The van der Waals surface area contributed by atoms with Gasteiger partial charge in [-0.2, -0.15) is 10.2 Å². The molecule has 1 saturated heterocycles. The first-order valence-electron chi connectivity index (χ1n) is 10.0. The number of aromatic nitrogens is 1. The zero-order valence-corrected chi connectivity index (χ0v) is 17.2. The van der Waals surface area contributed by atoms with Gasteiger partial charge in [0.1, 0.15) is 6.07 Å². The van der Waals surface area contributed by atoms with Gasteiger partial charge in [-0.15, -0.1) is 0 Å². The minimum Gasteiger partial charge on any atom is -0.419 e. The van der Waals surface area contributed by atoms with Crippen LogP contribution in [0.5, 0.6) is 0 Å². The van der Waals surface area contributed by atoms with Crippen LogP contribution in [-0.2, 0) is 5.41 Å². The molecule has 0 atom stereocenters. The number of rotatable bonds is 3. The number of benzene rings is 2. The Hall–Kier alpha value is -3.26. The molecule has 29 heavy (non-hydrogen) atoms. The summed E-state index contributed by atoms with van der Waals surface area (Å²) < 4.78 is 6.07. The average Bonchev–Trinajstić information content (AvgIpc) is 3.18. The largest absolute Gasteiger partial charge is 0.419 e. The van der Waals surface area contributed by atoms with E-state index in [-0.39, 0.29) is 5.41 Å². The van der Waals surface area contributed by atoms with Gasteiger partial charge in [-0.1, -0.05) is 51.1 Å². The predicted molar refractivity (Wildman–Crippen MR) is 116 cm³/mol. The van der Waals surface area contributed by atoms with E-state index in [1.807, 2.05) is 18.2 Å². The molecular formula is C24H26N4O. The quantitative estimate of drug-likeness (QED) is 0.645. The summed E-state index contributed by atoms with van der Waals surface area (Å²) in [5.74, 6) is 1.08. The number of nitriles is 1. The Balaban J connectivity index is 1.52. The van der Waals surface area contributed by atoms with E-state index in [1.165, 1.54) is 11.3 Å². The normalized spacial score (nSPS) is 14.7. The molecule has 2 aromatic carbocycles. The van der Waals surface area contributed by atoms with E-state index in [0.29, 0.717) is 17.5 Å². The molecule has 0 aliphatic carbocycles. The lowest BCUT2D eigenvalue weighted by Crippen LogP contribution is -2.46. The highest BCUT2D eigenvalue weighted by Gasteiger charge is 2.25. The number of nitrogens with zero attached hydrogens (tertiary/aromatic N) is 4. The van der Waals surface area contributed by atoms with E-state index in [4.69, 9.17) is 4.42 Å². The molecule has 0 bridgehead atoms. The van der Waals surface area contributed by atoms with E-state index in [9.17, 15) is 5.26 Å². The fraction of sp³-hybridized carbons (Fsp3) is 0.333. The standard InChI is InChI=1S/C24H26N4O/c1-24(2,3)19-11-9-18(10-12-19)22-26-21(17-25)23(29-22)28-15-13-27(14-16-28)20-7-5-4-6-8-20/h4-12H,13-16H2,1-3H3. The molecule has 1 aromatic heterocycles. The van der Waals surface area contributed by atoms with Crippen molar-refractivity contribution in [2.75, 3.05) is 36.0 Å². The second-order valence-electron chi connectivity index (χ2n) is 8.42. The van der Waals surface area contributed by atoms with E-state index in [0.717, 1.165) is 31.7 Å². The molecule has 3 aromatic rings. The summed E-state index contributed by atoms with van der Waals surface area (Å²) in [5.41, 5.74) is 3.82. The monoisotopic (exact) mass is 386 g/mol. The molecule has 0 radical (unpaired) electrons. The average molecular weight is 386 g/mol. The Kier molecular flexibility index (Phi) is 5.02. The minimum absolute atomic E-state index is 0.0938. The van der Waals surface area contributed by atoms with Crippen molar-refractivity contribution in [2.24, 2.45) is 0 Å². The third-order valence-electron chi connectivity index (χ3n) is 5.40. The molecule has 5 heteroatoms. The van der Waals surface area contributed by atoms with E-state index in [1.54, 1.807) is 0 Å². The maximum atomic E-state index is 9.58. The van der Waals surface area contributed by atoms with Crippen LogP contribution in [-0.4, -0.2) is 31.2 Å². The zero-order chi connectivity index (χ0) is 20.4. The lowest BCUT2D eigenvalue weighted by Gasteiger charge is -2.35. The molecule has 4 rings (SSSR count). The van der Waals surface area contributed by atoms with Crippen LogP contribution >= 0.6 is 0 Å².